The zero-order valence-corrected chi connectivity index (χ0v) is 11.6. The summed E-state index contributed by atoms with van der Waals surface area (Å²) in [5, 5.41) is 0. The summed E-state index contributed by atoms with van der Waals surface area (Å²) < 4.78 is 16.0. The van der Waals surface area contributed by atoms with Crippen LogP contribution in [0.4, 0.5) is 6.01 Å². The van der Waals surface area contributed by atoms with Crippen LogP contribution in [0.15, 0.2) is 22.6 Å². The molecule has 0 radical (unpaired) electrons. The number of hydrogen-bond acceptors (Lipinski definition) is 5. The Bertz CT molecular complexity index is 576. The molecule has 2 aromatic rings. The van der Waals surface area contributed by atoms with Gasteiger partial charge in [0.2, 0.25) is 0 Å². The minimum Gasteiger partial charge on any atom is -0.493 e. The first-order valence-electron chi connectivity index (χ1n) is 6.05. The number of oxazole rings is 1. The van der Waals surface area contributed by atoms with Crippen molar-refractivity contribution in [3.8, 4) is 22.8 Å². The van der Waals surface area contributed by atoms with Gasteiger partial charge < -0.3 is 19.6 Å². The summed E-state index contributed by atoms with van der Waals surface area (Å²) in [5.74, 6) is 2.21. The first kappa shape index (κ1) is 13.3. The SMILES string of the molecule is COc1ccc(-c2oc(N)nc2C(C)C)cc1OC. The van der Waals surface area contributed by atoms with E-state index in [0.717, 1.165) is 11.3 Å². The fourth-order valence-electron chi connectivity index (χ4n) is 1.92. The number of aromatic nitrogens is 1. The third-order valence-electron chi connectivity index (χ3n) is 2.86. The highest BCUT2D eigenvalue weighted by Gasteiger charge is 2.18. The summed E-state index contributed by atoms with van der Waals surface area (Å²) in [4.78, 5) is 4.22. The van der Waals surface area contributed by atoms with Gasteiger partial charge in [0.1, 0.15) is 0 Å². The summed E-state index contributed by atoms with van der Waals surface area (Å²) in [6, 6.07) is 5.75. The van der Waals surface area contributed by atoms with Gasteiger partial charge in [-0.15, -0.1) is 0 Å². The molecular weight excluding hydrogens is 244 g/mol. The third-order valence-corrected chi connectivity index (χ3v) is 2.86. The summed E-state index contributed by atoms with van der Waals surface area (Å²) in [5.41, 5.74) is 7.35. The zero-order valence-electron chi connectivity index (χ0n) is 11.6. The van der Waals surface area contributed by atoms with Crippen LogP contribution in [-0.4, -0.2) is 19.2 Å². The van der Waals surface area contributed by atoms with Crippen molar-refractivity contribution in [3.05, 3.63) is 23.9 Å². The maximum Gasteiger partial charge on any atom is 0.292 e. The lowest BCUT2D eigenvalue weighted by Gasteiger charge is -2.09. The highest BCUT2D eigenvalue weighted by atomic mass is 16.5. The Labute approximate surface area is 112 Å². The van der Waals surface area contributed by atoms with Gasteiger partial charge in [-0.25, -0.2) is 0 Å². The lowest BCUT2D eigenvalue weighted by Crippen LogP contribution is -1.93. The van der Waals surface area contributed by atoms with E-state index in [1.54, 1.807) is 14.2 Å². The number of hydrogen-bond donors (Lipinski definition) is 1. The highest BCUT2D eigenvalue weighted by molar-refractivity contribution is 5.65. The molecule has 1 aromatic heterocycles. The fourth-order valence-corrected chi connectivity index (χ4v) is 1.92. The molecule has 0 aliphatic rings. The van der Waals surface area contributed by atoms with Gasteiger partial charge >= 0.3 is 0 Å². The summed E-state index contributed by atoms with van der Waals surface area (Å²) in [7, 11) is 3.20. The van der Waals surface area contributed by atoms with E-state index in [1.165, 1.54) is 0 Å². The van der Waals surface area contributed by atoms with E-state index in [-0.39, 0.29) is 11.9 Å². The lowest BCUT2D eigenvalue weighted by molar-refractivity contribution is 0.355. The Balaban J connectivity index is 2.53. The van der Waals surface area contributed by atoms with Gasteiger partial charge in [0.25, 0.3) is 6.01 Å². The van der Waals surface area contributed by atoms with Crippen LogP contribution in [0.3, 0.4) is 0 Å². The van der Waals surface area contributed by atoms with Gasteiger partial charge in [-0.2, -0.15) is 4.98 Å². The van der Waals surface area contributed by atoms with Crippen molar-refractivity contribution in [3.63, 3.8) is 0 Å². The number of rotatable bonds is 4. The quantitative estimate of drug-likeness (QED) is 0.916. The molecule has 0 saturated carbocycles. The van der Waals surface area contributed by atoms with Crippen molar-refractivity contribution >= 4 is 6.01 Å². The molecule has 1 aromatic carbocycles. The second kappa shape index (κ2) is 5.22. The van der Waals surface area contributed by atoms with E-state index in [0.29, 0.717) is 17.3 Å². The molecule has 0 aliphatic heterocycles. The Morgan fingerprint density at radius 3 is 2.42 bits per heavy atom. The number of nitrogens with two attached hydrogens (primary N) is 1. The monoisotopic (exact) mass is 262 g/mol. The molecule has 1 heterocycles. The van der Waals surface area contributed by atoms with Crippen LogP contribution in [0.25, 0.3) is 11.3 Å². The average molecular weight is 262 g/mol. The molecule has 0 bridgehead atoms. The van der Waals surface area contributed by atoms with E-state index in [9.17, 15) is 0 Å². The molecule has 0 saturated heterocycles. The molecular formula is C14H18N2O3. The van der Waals surface area contributed by atoms with Gasteiger partial charge in [-0.1, -0.05) is 13.8 Å². The van der Waals surface area contributed by atoms with Gasteiger partial charge in [0.15, 0.2) is 17.3 Å². The average Bonchev–Trinajstić information content (AvgIpc) is 2.80. The smallest absolute Gasteiger partial charge is 0.292 e. The van der Waals surface area contributed by atoms with E-state index in [4.69, 9.17) is 19.6 Å². The van der Waals surface area contributed by atoms with Crippen LogP contribution in [0.5, 0.6) is 11.5 Å². The molecule has 102 valence electrons. The first-order chi connectivity index (χ1) is 9.06. The highest BCUT2D eigenvalue weighted by Crippen LogP contribution is 2.36. The maximum absolute atomic E-state index is 5.65. The molecule has 2 N–H and O–H groups in total. The second-order valence-electron chi connectivity index (χ2n) is 4.49. The number of nitrogen functional groups attached to an aromatic ring is 1. The van der Waals surface area contributed by atoms with E-state index in [1.807, 2.05) is 32.0 Å². The molecule has 0 unspecified atom stereocenters. The third kappa shape index (κ3) is 2.50. The van der Waals surface area contributed by atoms with Gasteiger partial charge in [0.05, 0.1) is 19.9 Å². The first-order valence-corrected chi connectivity index (χ1v) is 6.05. The van der Waals surface area contributed by atoms with E-state index in [2.05, 4.69) is 4.98 Å². The minimum absolute atomic E-state index is 0.175. The predicted molar refractivity (Wildman–Crippen MR) is 73.5 cm³/mol. The molecule has 19 heavy (non-hydrogen) atoms. The van der Waals surface area contributed by atoms with Crippen LogP contribution < -0.4 is 15.2 Å². The molecule has 2 rings (SSSR count). The van der Waals surface area contributed by atoms with Gasteiger partial charge in [-0.3, -0.25) is 0 Å². The molecule has 0 fully saturated rings. The summed E-state index contributed by atoms with van der Waals surface area (Å²) in [6.07, 6.45) is 0. The van der Waals surface area contributed by atoms with Crippen LogP contribution >= 0.6 is 0 Å². The van der Waals surface area contributed by atoms with Crippen LogP contribution in [0.1, 0.15) is 25.5 Å². The minimum atomic E-state index is 0.175. The van der Waals surface area contributed by atoms with Gasteiger partial charge in [-0.05, 0) is 24.1 Å². The summed E-state index contributed by atoms with van der Waals surface area (Å²) >= 11 is 0. The molecule has 0 aliphatic carbocycles. The fraction of sp³-hybridized carbons (Fsp3) is 0.357. The van der Waals surface area contributed by atoms with Crippen LogP contribution in [0.2, 0.25) is 0 Å². The zero-order chi connectivity index (χ0) is 14.0. The van der Waals surface area contributed by atoms with E-state index < -0.39 is 0 Å². The predicted octanol–water partition coefficient (Wildman–Crippen LogP) is 3.06. The molecule has 5 heteroatoms. The Hall–Kier alpha value is -2.17. The van der Waals surface area contributed by atoms with E-state index >= 15 is 0 Å². The van der Waals surface area contributed by atoms with Crippen LogP contribution in [0, 0.1) is 0 Å². The number of nitrogens with zero attached hydrogens (tertiary/aromatic N) is 1. The molecule has 0 amide bonds. The number of methoxy groups -OCH3 is 2. The van der Waals surface area contributed by atoms with Gasteiger partial charge in [0, 0.05) is 5.56 Å². The normalized spacial score (nSPS) is 10.8. The standard InChI is InChI=1S/C14H18N2O3/c1-8(2)12-13(19-14(15)16-12)9-5-6-10(17-3)11(7-9)18-4/h5-8H,1-4H3,(H2,15,16). The lowest BCUT2D eigenvalue weighted by atomic mass is 10.0. The topological polar surface area (TPSA) is 70.5 Å². The van der Waals surface area contributed by atoms with Crippen molar-refractivity contribution < 1.29 is 13.9 Å². The maximum atomic E-state index is 5.65. The Morgan fingerprint density at radius 2 is 1.84 bits per heavy atom. The van der Waals surface area contributed by atoms with Crippen molar-refractivity contribution in [1.82, 2.24) is 4.98 Å². The van der Waals surface area contributed by atoms with Crippen LogP contribution in [-0.2, 0) is 0 Å². The second-order valence-corrected chi connectivity index (χ2v) is 4.49. The summed E-state index contributed by atoms with van der Waals surface area (Å²) in [6.45, 7) is 4.09. The largest absolute Gasteiger partial charge is 0.493 e. The number of benzene rings is 1. The Morgan fingerprint density at radius 1 is 1.16 bits per heavy atom. The van der Waals surface area contributed by atoms with Crippen molar-refractivity contribution in [2.45, 2.75) is 19.8 Å². The van der Waals surface area contributed by atoms with Crippen molar-refractivity contribution in [1.29, 1.82) is 0 Å². The molecule has 0 atom stereocenters. The van der Waals surface area contributed by atoms with Crippen molar-refractivity contribution in [2.75, 3.05) is 20.0 Å². The van der Waals surface area contributed by atoms with Crippen molar-refractivity contribution in [2.24, 2.45) is 0 Å². The number of ether oxygens (including phenoxy) is 2. The molecule has 5 nitrogen and oxygen atoms in total. The number of anilines is 1. The Kier molecular flexibility index (Phi) is 3.64. The molecule has 0 spiro atoms.